The first kappa shape index (κ1) is 11.7. The van der Waals surface area contributed by atoms with Crippen molar-refractivity contribution in [2.75, 3.05) is 6.54 Å². The SMILES string of the molecule is C#CCCNC(C)c1cccc(F)c1F. The maximum Gasteiger partial charge on any atom is 0.163 e. The molecule has 0 aliphatic rings. The van der Waals surface area contributed by atoms with Crippen LogP contribution in [0, 0.1) is 24.0 Å². The Morgan fingerprint density at radius 1 is 1.47 bits per heavy atom. The molecule has 3 heteroatoms. The van der Waals surface area contributed by atoms with Crippen molar-refractivity contribution in [1.82, 2.24) is 5.32 Å². The van der Waals surface area contributed by atoms with Gasteiger partial charge >= 0.3 is 0 Å². The quantitative estimate of drug-likeness (QED) is 0.593. The number of halogens is 2. The van der Waals surface area contributed by atoms with Crippen LogP contribution in [0.1, 0.15) is 24.9 Å². The highest BCUT2D eigenvalue weighted by atomic mass is 19.2. The van der Waals surface area contributed by atoms with Crippen molar-refractivity contribution in [3.8, 4) is 12.3 Å². The van der Waals surface area contributed by atoms with Crippen LogP contribution in [0.3, 0.4) is 0 Å². The van der Waals surface area contributed by atoms with E-state index in [1.807, 2.05) is 0 Å². The number of hydrogen-bond acceptors (Lipinski definition) is 1. The van der Waals surface area contributed by atoms with Crippen LogP contribution in [0.15, 0.2) is 18.2 Å². The van der Waals surface area contributed by atoms with Gasteiger partial charge in [0.2, 0.25) is 0 Å². The second kappa shape index (κ2) is 5.47. The molecular weight excluding hydrogens is 196 g/mol. The van der Waals surface area contributed by atoms with Crippen LogP contribution in [0.25, 0.3) is 0 Å². The number of benzene rings is 1. The van der Waals surface area contributed by atoms with Crippen LogP contribution < -0.4 is 5.32 Å². The summed E-state index contributed by atoms with van der Waals surface area (Å²) >= 11 is 0. The summed E-state index contributed by atoms with van der Waals surface area (Å²) in [4.78, 5) is 0. The lowest BCUT2D eigenvalue weighted by molar-refractivity contribution is 0.475. The van der Waals surface area contributed by atoms with Gasteiger partial charge in [0, 0.05) is 24.6 Å². The highest BCUT2D eigenvalue weighted by molar-refractivity contribution is 5.21. The van der Waals surface area contributed by atoms with Gasteiger partial charge in [-0.1, -0.05) is 12.1 Å². The molecule has 0 heterocycles. The first-order valence-corrected chi connectivity index (χ1v) is 4.77. The van der Waals surface area contributed by atoms with E-state index < -0.39 is 11.6 Å². The van der Waals surface area contributed by atoms with Gasteiger partial charge in [-0.3, -0.25) is 0 Å². The van der Waals surface area contributed by atoms with E-state index in [4.69, 9.17) is 6.42 Å². The summed E-state index contributed by atoms with van der Waals surface area (Å²) in [7, 11) is 0. The Bertz CT molecular complexity index is 368. The van der Waals surface area contributed by atoms with Gasteiger partial charge in [0.05, 0.1) is 0 Å². The molecule has 0 fully saturated rings. The first-order chi connectivity index (χ1) is 7.16. The molecule has 80 valence electrons. The second-order valence-electron chi connectivity index (χ2n) is 3.27. The van der Waals surface area contributed by atoms with Gasteiger partial charge in [0.1, 0.15) is 0 Å². The van der Waals surface area contributed by atoms with Crippen molar-refractivity contribution < 1.29 is 8.78 Å². The summed E-state index contributed by atoms with van der Waals surface area (Å²) in [5.41, 5.74) is 0.326. The van der Waals surface area contributed by atoms with Crippen molar-refractivity contribution in [3.05, 3.63) is 35.4 Å². The van der Waals surface area contributed by atoms with E-state index in [1.165, 1.54) is 6.07 Å². The molecule has 0 radical (unpaired) electrons. The summed E-state index contributed by atoms with van der Waals surface area (Å²) in [6.07, 6.45) is 5.65. The lowest BCUT2D eigenvalue weighted by atomic mass is 10.1. The van der Waals surface area contributed by atoms with Crippen molar-refractivity contribution in [2.24, 2.45) is 0 Å². The van der Waals surface area contributed by atoms with E-state index in [-0.39, 0.29) is 6.04 Å². The molecule has 1 unspecified atom stereocenters. The average molecular weight is 209 g/mol. The molecule has 1 aromatic carbocycles. The van der Waals surface area contributed by atoms with E-state index in [0.717, 1.165) is 6.07 Å². The summed E-state index contributed by atoms with van der Waals surface area (Å²) < 4.78 is 26.2. The lowest BCUT2D eigenvalue weighted by Gasteiger charge is -2.14. The van der Waals surface area contributed by atoms with E-state index in [0.29, 0.717) is 18.5 Å². The third-order valence-electron chi connectivity index (χ3n) is 2.17. The van der Waals surface area contributed by atoms with Gasteiger partial charge in [-0.2, -0.15) is 0 Å². The number of nitrogens with one attached hydrogen (secondary N) is 1. The standard InChI is InChI=1S/C12H13F2N/c1-3-4-8-15-9(2)10-6-5-7-11(13)12(10)14/h1,5-7,9,15H,4,8H2,2H3. The van der Waals surface area contributed by atoms with E-state index >= 15 is 0 Å². The van der Waals surface area contributed by atoms with Crippen LogP contribution in [0.4, 0.5) is 8.78 Å². The Labute approximate surface area is 88.5 Å². The maximum absolute atomic E-state index is 13.3. The summed E-state index contributed by atoms with van der Waals surface area (Å²) in [5, 5.41) is 3.02. The molecule has 1 N–H and O–H groups in total. The Balaban J connectivity index is 2.70. The van der Waals surface area contributed by atoms with Gasteiger partial charge in [-0.15, -0.1) is 12.3 Å². The van der Waals surface area contributed by atoms with Crippen molar-refractivity contribution in [1.29, 1.82) is 0 Å². The maximum atomic E-state index is 13.3. The van der Waals surface area contributed by atoms with Crippen LogP contribution in [0.2, 0.25) is 0 Å². The number of rotatable bonds is 4. The predicted octanol–water partition coefficient (Wildman–Crippen LogP) is 2.64. The van der Waals surface area contributed by atoms with Gasteiger partial charge in [-0.05, 0) is 13.0 Å². The molecule has 1 rings (SSSR count). The molecule has 1 atom stereocenters. The molecule has 15 heavy (non-hydrogen) atoms. The predicted molar refractivity (Wildman–Crippen MR) is 56.2 cm³/mol. The van der Waals surface area contributed by atoms with Gasteiger partial charge < -0.3 is 5.32 Å². The fourth-order valence-electron chi connectivity index (χ4n) is 1.33. The van der Waals surface area contributed by atoms with Crippen molar-refractivity contribution >= 4 is 0 Å². The van der Waals surface area contributed by atoms with E-state index in [1.54, 1.807) is 13.0 Å². The minimum atomic E-state index is -0.821. The molecule has 1 nitrogen and oxygen atoms in total. The van der Waals surface area contributed by atoms with Gasteiger partial charge in [0.25, 0.3) is 0 Å². The normalized spacial score (nSPS) is 12.1. The average Bonchev–Trinajstić information content (AvgIpc) is 2.22. The fraction of sp³-hybridized carbons (Fsp3) is 0.333. The van der Waals surface area contributed by atoms with E-state index in [2.05, 4.69) is 11.2 Å². The van der Waals surface area contributed by atoms with Crippen LogP contribution in [-0.4, -0.2) is 6.54 Å². The van der Waals surface area contributed by atoms with Gasteiger partial charge in [0.15, 0.2) is 11.6 Å². The molecule has 0 amide bonds. The molecule has 0 aromatic heterocycles. The zero-order chi connectivity index (χ0) is 11.3. The van der Waals surface area contributed by atoms with Crippen molar-refractivity contribution in [2.45, 2.75) is 19.4 Å². The third-order valence-corrected chi connectivity index (χ3v) is 2.17. The summed E-state index contributed by atoms with van der Waals surface area (Å²) in [6.45, 7) is 2.36. The Kier molecular flexibility index (Phi) is 4.26. The minimum absolute atomic E-state index is 0.242. The van der Waals surface area contributed by atoms with Crippen LogP contribution in [-0.2, 0) is 0 Å². The monoisotopic (exact) mass is 209 g/mol. The summed E-state index contributed by atoms with van der Waals surface area (Å²) in [6, 6.07) is 3.92. The first-order valence-electron chi connectivity index (χ1n) is 4.77. The highest BCUT2D eigenvalue weighted by Crippen LogP contribution is 2.18. The molecule has 1 aromatic rings. The topological polar surface area (TPSA) is 12.0 Å². The largest absolute Gasteiger partial charge is 0.309 e. The second-order valence-corrected chi connectivity index (χ2v) is 3.27. The summed E-state index contributed by atoms with van der Waals surface area (Å²) in [5.74, 6) is 0.856. The minimum Gasteiger partial charge on any atom is -0.309 e. The fourth-order valence-corrected chi connectivity index (χ4v) is 1.33. The number of hydrogen-bond donors (Lipinski definition) is 1. The van der Waals surface area contributed by atoms with Gasteiger partial charge in [-0.25, -0.2) is 8.78 Å². The smallest absolute Gasteiger partial charge is 0.163 e. The Morgan fingerprint density at radius 2 is 2.20 bits per heavy atom. The molecule has 0 spiro atoms. The lowest BCUT2D eigenvalue weighted by Crippen LogP contribution is -2.20. The molecule has 0 bridgehead atoms. The zero-order valence-electron chi connectivity index (χ0n) is 8.56. The molecule has 0 aliphatic carbocycles. The Hall–Kier alpha value is -1.40. The highest BCUT2D eigenvalue weighted by Gasteiger charge is 2.12. The van der Waals surface area contributed by atoms with Crippen LogP contribution in [0.5, 0.6) is 0 Å². The zero-order valence-corrected chi connectivity index (χ0v) is 8.56. The molecule has 0 aliphatic heterocycles. The van der Waals surface area contributed by atoms with Crippen molar-refractivity contribution in [3.63, 3.8) is 0 Å². The van der Waals surface area contributed by atoms with E-state index in [9.17, 15) is 8.78 Å². The number of terminal acetylenes is 1. The third kappa shape index (κ3) is 3.03. The van der Waals surface area contributed by atoms with Crippen LogP contribution >= 0.6 is 0 Å². The molecular formula is C12H13F2N. The molecule has 0 saturated heterocycles. The Morgan fingerprint density at radius 3 is 2.87 bits per heavy atom. The molecule has 0 saturated carbocycles.